The molecule has 14 heavy (non-hydrogen) atoms. The molecule has 0 heterocycles. The van der Waals surface area contributed by atoms with Gasteiger partial charge < -0.3 is 0 Å². The summed E-state index contributed by atoms with van der Waals surface area (Å²) in [5.74, 6) is -1.75. The first-order chi connectivity index (χ1) is 6.43. The van der Waals surface area contributed by atoms with Crippen molar-refractivity contribution < 1.29 is 18.0 Å². The van der Waals surface area contributed by atoms with Crippen molar-refractivity contribution in [1.29, 1.82) is 0 Å². The Morgan fingerprint density at radius 3 is 2.29 bits per heavy atom. The molecule has 0 aliphatic rings. The van der Waals surface area contributed by atoms with Crippen LogP contribution in [0, 0.1) is 19.7 Å². The molecule has 0 spiro atoms. The fraction of sp³-hybridized carbons (Fsp3) is 0.300. The van der Waals surface area contributed by atoms with Gasteiger partial charge in [0.25, 0.3) is 0 Å². The summed E-state index contributed by atoms with van der Waals surface area (Å²) in [5.41, 5.74) is 0.317. The number of hydrogen-bond acceptors (Lipinski definition) is 1. The van der Waals surface area contributed by atoms with E-state index in [-0.39, 0.29) is 16.7 Å². The Labute approximate surface area is 79.5 Å². The second-order valence-electron chi connectivity index (χ2n) is 3.08. The summed E-state index contributed by atoms with van der Waals surface area (Å²) >= 11 is 0. The molecule has 0 fully saturated rings. The highest BCUT2D eigenvalue weighted by Crippen LogP contribution is 2.17. The minimum atomic E-state index is -3.04. The summed E-state index contributed by atoms with van der Waals surface area (Å²) in [7, 11) is 0. The molecule has 0 aromatic heterocycles. The highest BCUT2D eigenvalue weighted by atomic mass is 19.3. The van der Waals surface area contributed by atoms with Crippen LogP contribution >= 0.6 is 0 Å². The first-order valence-electron chi connectivity index (χ1n) is 4.02. The molecule has 0 unspecified atom stereocenters. The van der Waals surface area contributed by atoms with Crippen LogP contribution in [0.2, 0.25) is 0 Å². The fourth-order valence-electron chi connectivity index (χ4n) is 1.16. The maximum absolute atomic E-state index is 12.9. The molecule has 0 saturated heterocycles. The highest BCUT2D eigenvalue weighted by Gasteiger charge is 2.20. The topological polar surface area (TPSA) is 17.1 Å². The van der Waals surface area contributed by atoms with Gasteiger partial charge in [-0.1, -0.05) is 0 Å². The molecule has 4 heteroatoms. The van der Waals surface area contributed by atoms with Gasteiger partial charge in [0.15, 0.2) is 0 Å². The second-order valence-corrected chi connectivity index (χ2v) is 3.08. The molecule has 0 N–H and O–H groups in total. The maximum Gasteiger partial charge on any atom is 0.300 e. The molecule has 1 rings (SSSR count). The number of aryl methyl sites for hydroxylation is 2. The minimum absolute atomic E-state index is 0.112. The lowest BCUT2D eigenvalue weighted by molar-refractivity contribution is 0.0678. The average molecular weight is 202 g/mol. The molecule has 76 valence electrons. The van der Waals surface area contributed by atoms with Gasteiger partial charge >= 0.3 is 6.43 Å². The Kier molecular flexibility index (Phi) is 2.93. The summed E-state index contributed by atoms with van der Waals surface area (Å²) in [6.45, 7) is 2.86. The van der Waals surface area contributed by atoms with E-state index in [1.807, 2.05) is 0 Å². The number of alkyl halides is 2. The molecular weight excluding hydrogens is 193 g/mol. The quantitative estimate of drug-likeness (QED) is 0.674. The second kappa shape index (κ2) is 3.82. The summed E-state index contributed by atoms with van der Waals surface area (Å²) in [4.78, 5) is 11.0. The van der Waals surface area contributed by atoms with E-state index in [1.54, 1.807) is 0 Å². The van der Waals surface area contributed by atoms with Gasteiger partial charge in [-0.15, -0.1) is 0 Å². The number of rotatable bonds is 2. The molecule has 1 nitrogen and oxygen atoms in total. The molecule has 0 aliphatic heterocycles. The van der Waals surface area contributed by atoms with Crippen LogP contribution < -0.4 is 0 Å². The van der Waals surface area contributed by atoms with Crippen molar-refractivity contribution in [3.05, 3.63) is 34.6 Å². The number of carbonyl (C=O) groups is 1. The van der Waals surface area contributed by atoms with Crippen molar-refractivity contribution in [2.45, 2.75) is 20.3 Å². The van der Waals surface area contributed by atoms with Gasteiger partial charge in [-0.3, -0.25) is 4.79 Å². The summed E-state index contributed by atoms with van der Waals surface area (Å²) < 4.78 is 37.1. The Morgan fingerprint density at radius 2 is 1.79 bits per heavy atom. The van der Waals surface area contributed by atoms with Crippen molar-refractivity contribution in [1.82, 2.24) is 0 Å². The molecule has 0 amide bonds. The van der Waals surface area contributed by atoms with E-state index in [4.69, 9.17) is 0 Å². The third-order valence-corrected chi connectivity index (χ3v) is 1.97. The Hall–Kier alpha value is -1.32. The van der Waals surface area contributed by atoms with Crippen LogP contribution in [-0.4, -0.2) is 12.2 Å². The van der Waals surface area contributed by atoms with Crippen LogP contribution in [0.25, 0.3) is 0 Å². The van der Waals surface area contributed by atoms with Crippen LogP contribution in [0.1, 0.15) is 21.5 Å². The number of Topliss-reactive ketones (excluding diaryl/α,β-unsaturated/α-hetero) is 1. The van der Waals surface area contributed by atoms with E-state index in [1.165, 1.54) is 13.8 Å². The molecule has 1 aromatic carbocycles. The molecule has 0 atom stereocenters. The standard InChI is InChI=1S/C10H9F3O/c1-5-4-8(11)6(2)3-7(5)9(14)10(12)13/h3-4,10H,1-2H3. The van der Waals surface area contributed by atoms with Crippen molar-refractivity contribution in [2.24, 2.45) is 0 Å². The van der Waals surface area contributed by atoms with Crippen molar-refractivity contribution >= 4 is 5.78 Å². The fourth-order valence-corrected chi connectivity index (χ4v) is 1.16. The SMILES string of the molecule is Cc1cc(C(=O)C(F)F)c(C)cc1F. The maximum atomic E-state index is 12.9. The number of hydrogen-bond donors (Lipinski definition) is 0. The monoisotopic (exact) mass is 202 g/mol. The minimum Gasteiger partial charge on any atom is -0.288 e. The predicted molar refractivity (Wildman–Crippen MR) is 46.2 cm³/mol. The molecule has 0 saturated carbocycles. The number of ketones is 1. The largest absolute Gasteiger partial charge is 0.300 e. The lowest BCUT2D eigenvalue weighted by Crippen LogP contribution is -2.12. The van der Waals surface area contributed by atoms with Crippen molar-refractivity contribution in [3.8, 4) is 0 Å². The van der Waals surface area contributed by atoms with Crippen LogP contribution in [0.4, 0.5) is 13.2 Å². The van der Waals surface area contributed by atoms with Crippen LogP contribution in [0.3, 0.4) is 0 Å². The molecule has 0 bridgehead atoms. The average Bonchev–Trinajstić information content (AvgIpc) is 2.10. The lowest BCUT2D eigenvalue weighted by Gasteiger charge is -2.06. The zero-order chi connectivity index (χ0) is 10.9. The van der Waals surface area contributed by atoms with Crippen LogP contribution in [0.15, 0.2) is 12.1 Å². The predicted octanol–water partition coefficient (Wildman–Crippen LogP) is 2.89. The number of halogens is 3. The first kappa shape index (κ1) is 10.8. The molecule has 0 aliphatic carbocycles. The zero-order valence-electron chi connectivity index (χ0n) is 7.77. The highest BCUT2D eigenvalue weighted by molar-refractivity contribution is 5.99. The molecular formula is C10H9F3O. The summed E-state index contributed by atoms with van der Waals surface area (Å²) in [5, 5.41) is 0. The summed E-state index contributed by atoms with van der Waals surface area (Å²) in [6, 6.07) is 2.24. The van der Waals surface area contributed by atoms with E-state index in [9.17, 15) is 18.0 Å². The Morgan fingerprint density at radius 1 is 1.21 bits per heavy atom. The van der Waals surface area contributed by atoms with E-state index in [0.717, 1.165) is 12.1 Å². The van der Waals surface area contributed by atoms with Gasteiger partial charge in [-0.2, -0.15) is 0 Å². The van der Waals surface area contributed by atoms with Crippen molar-refractivity contribution in [3.63, 3.8) is 0 Å². The van der Waals surface area contributed by atoms with Crippen molar-refractivity contribution in [2.75, 3.05) is 0 Å². The zero-order valence-corrected chi connectivity index (χ0v) is 7.77. The molecule has 0 radical (unpaired) electrons. The van der Waals surface area contributed by atoms with E-state index < -0.39 is 18.0 Å². The van der Waals surface area contributed by atoms with E-state index in [0.29, 0.717) is 0 Å². The third kappa shape index (κ3) is 1.95. The van der Waals surface area contributed by atoms with Gasteiger partial charge in [0.05, 0.1) is 0 Å². The van der Waals surface area contributed by atoms with Gasteiger partial charge in [-0.25, -0.2) is 13.2 Å². The van der Waals surface area contributed by atoms with Gasteiger partial charge in [0.2, 0.25) is 5.78 Å². The third-order valence-electron chi connectivity index (χ3n) is 1.97. The summed E-state index contributed by atoms with van der Waals surface area (Å²) in [6.07, 6.45) is -3.04. The van der Waals surface area contributed by atoms with Crippen LogP contribution in [0.5, 0.6) is 0 Å². The smallest absolute Gasteiger partial charge is 0.288 e. The van der Waals surface area contributed by atoms with E-state index in [2.05, 4.69) is 0 Å². The van der Waals surface area contributed by atoms with Gasteiger partial charge in [-0.05, 0) is 37.1 Å². The molecule has 1 aromatic rings. The number of carbonyl (C=O) groups excluding carboxylic acids is 1. The Bertz CT molecular complexity index is 372. The first-order valence-corrected chi connectivity index (χ1v) is 4.02. The number of benzene rings is 1. The normalized spacial score (nSPS) is 10.7. The van der Waals surface area contributed by atoms with E-state index >= 15 is 0 Å². The van der Waals surface area contributed by atoms with Gasteiger partial charge in [0, 0.05) is 5.56 Å². The lowest BCUT2D eigenvalue weighted by atomic mass is 10.0. The Balaban J connectivity index is 3.22. The van der Waals surface area contributed by atoms with Gasteiger partial charge in [0.1, 0.15) is 5.82 Å². The van der Waals surface area contributed by atoms with Crippen LogP contribution in [-0.2, 0) is 0 Å².